The molecule has 0 bridgehead atoms. The van der Waals surface area contributed by atoms with E-state index in [-0.39, 0.29) is 17.8 Å². The normalized spacial score (nSPS) is 12.1. The van der Waals surface area contributed by atoms with Gasteiger partial charge in [0, 0.05) is 19.7 Å². The van der Waals surface area contributed by atoms with E-state index in [1.807, 2.05) is 6.07 Å². The fourth-order valence-electron chi connectivity index (χ4n) is 2.69. The molecule has 0 aliphatic rings. The molecule has 0 N–H and O–H groups in total. The molecule has 0 aliphatic heterocycles. The van der Waals surface area contributed by atoms with Crippen LogP contribution < -0.4 is 11.2 Å². The van der Waals surface area contributed by atoms with Crippen LogP contribution in [0.5, 0.6) is 0 Å². The van der Waals surface area contributed by atoms with E-state index in [1.54, 1.807) is 31.2 Å². The van der Waals surface area contributed by atoms with Crippen molar-refractivity contribution in [3.63, 3.8) is 0 Å². The monoisotopic (exact) mass is 358 g/mol. The van der Waals surface area contributed by atoms with Crippen molar-refractivity contribution >= 4 is 17.3 Å². The third kappa shape index (κ3) is 2.87. The average Bonchev–Trinajstić information content (AvgIpc) is 3.08. The molecule has 1 unspecified atom stereocenters. The topological polar surface area (TPSA) is 97.3 Å². The predicted molar refractivity (Wildman–Crippen MR) is 92.9 cm³/mol. The fraction of sp³-hybridized carbons (Fsp3) is 0.294. The first-order chi connectivity index (χ1) is 12.5. The van der Waals surface area contributed by atoms with Gasteiger partial charge < -0.3 is 9.47 Å². The zero-order valence-electron chi connectivity index (χ0n) is 14.6. The van der Waals surface area contributed by atoms with Crippen molar-refractivity contribution in [3.8, 4) is 0 Å². The van der Waals surface area contributed by atoms with Crippen molar-refractivity contribution in [2.45, 2.75) is 13.2 Å². The van der Waals surface area contributed by atoms with E-state index in [1.165, 1.54) is 29.6 Å². The van der Waals surface area contributed by atoms with Gasteiger partial charge in [0.25, 0.3) is 5.56 Å². The Kier molecular flexibility index (Phi) is 4.61. The van der Waals surface area contributed by atoms with Gasteiger partial charge in [-0.2, -0.15) is 0 Å². The van der Waals surface area contributed by atoms with E-state index in [0.717, 1.165) is 4.57 Å². The van der Waals surface area contributed by atoms with Gasteiger partial charge in [0.1, 0.15) is 6.33 Å². The average molecular weight is 358 g/mol. The van der Waals surface area contributed by atoms with Crippen LogP contribution in [-0.4, -0.2) is 31.4 Å². The Balaban J connectivity index is 2.23. The number of rotatable bonds is 4. The number of ether oxygens (including phenoxy) is 2. The first-order valence-corrected chi connectivity index (χ1v) is 7.96. The lowest BCUT2D eigenvalue weighted by molar-refractivity contribution is 0.0164. The van der Waals surface area contributed by atoms with Crippen LogP contribution in [0.25, 0.3) is 11.2 Å². The number of imidazole rings is 1. The number of nitrogens with zero attached hydrogens (tertiary/aromatic N) is 4. The zero-order valence-corrected chi connectivity index (χ0v) is 14.6. The highest BCUT2D eigenvalue weighted by Gasteiger charge is 2.24. The Morgan fingerprint density at radius 3 is 2.50 bits per heavy atom. The molecule has 3 aromatic rings. The summed E-state index contributed by atoms with van der Waals surface area (Å²) in [5.41, 5.74) is -0.0562. The summed E-state index contributed by atoms with van der Waals surface area (Å²) in [6.45, 7) is 1.82. The van der Waals surface area contributed by atoms with Crippen LogP contribution in [0.15, 0.2) is 46.2 Å². The smallest absolute Gasteiger partial charge is 0.435 e. The van der Waals surface area contributed by atoms with Gasteiger partial charge in [-0.05, 0) is 6.92 Å². The lowest BCUT2D eigenvalue weighted by Crippen LogP contribution is -2.38. The van der Waals surface area contributed by atoms with Gasteiger partial charge in [-0.3, -0.25) is 18.5 Å². The minimum atomic E-state index is -0.967. The van der Waals surface area contributed by atoms with Crippen molar-refractivity contribution in [2.24, 2.45) is 14.1 Å². The molecular weight excluding hydrogens is 340 g/mol. The molecule has 3 rings (SSSR count). The van der Waals surface area contributed by atoms with Gasteiger partial charge in [0.05, 0.1) is 6.61 Å². The first kappa shape index (κ1) is 17.5. The predicted octanol–water partition coefficient (Wildman–Crippen LogP) is 1.15. The molecule has 1 aromatic carbocycles. The summed E-state index contributed by atoms with van der Waals surface area (Å²) in [4.78, 5) is 40.8. The number of fused-ring (bicyclic) bond motifs is 1. The molecule has 0 saturated carbocycles. The maximum absolute atomic E-state index is 12.6. The summed E-state index contributed by atoms with van der Waals surface area (Å²) in [6, 6.07) is 8.89. The third-order valence-corrected chi connectivity index (χ3v) is 3.98. The Bertz CT molecular complexity index is 1060. The van der Waals surface area contributed by atoms with E-state index in [4.69, 9.17) is 9.47 Å². The van der Waals surface area contributed by atoms with Crippen molar-refractivity contribution in [3.05, 3.63) is 63.1 Å². The van der Waals surface area contributed by atoms with E-state index in [2.05, 4.69) is 4.98 Å². The number of aryl methyl sites for hydroxylation is 1. The van der Waals surface area contributed by atoms with E-state index in [0.29, 0.717) is 5.56 Å². The van der Waals surface area contributed by atoms with Crippen LogP contribution in [0.4, 0.5) is 4.79 Å². The van der Waals surface area contributed by atoms with Crippen molar-refractivity contribution in [2.75, 3.05) is 6.61 Å². The van der Waals surface area contributed by atoms with Gasteiger partial charge in [-0.15, -0.1) is 0 Å². The lowest BCUT2D eigenvalue weighted by atomic mass is 10.2. The van der Waals surface area contributed by atoms with Gasteiger partial charge in [-0.25, -0.2) is 14.6 Å². The molecule has 0 saturated heterocycles. The molecule has 2 heterocycles. The Hall–Kier alpha value is -3.36. The van der Waals surface area contributed by atoms with Crippen LogP contribution in [-0.2, 0) is 23.6 Å². The van der Waals surface area contributed by atoms with E-state index >= 15 is 0 Å². The molecule has 0 fully saturated rings. The second-order valence-electron chi connectivity index (χ2n) is 5.59. The molecule has 0 radical (unpaired) electrons. The standard InChI is InChI=1S/C17H18N4O5/c1-4-25-17(24)26-15(11-8-6-5-7-9-11)21-10-18-13-12(21)14(22)20(3)16(23)19(13)2/h5-10,15H,4H2,1-3H3. The summed E-state index contributed by atoms with van der Waals surface area (Å²) in [6.07, 6.45) is -0.474. The summed E-state index contributed by atoms with van der Waals surface area (Å²) in [5, 5.41) is 0. The second kappa shape index (κ2) is 6.87. The number of benzene rings is 1. The quantitative estimate of drug-likeness (QED) is 0.649. The Morgan fingerprint density at radius 2 is 1.85 bits per heavy atom. The summed E-state index contributed by atoms with van der Waals surface area (Å²) >= 11 is 0. The van der Waals surface area contributed by atoms with Gasteiger partial charge in [0.15, 0.2) is 11.2 Å². The molecular formula is C17H18N4O5. The molecule has 0 spiro atoms. The lowest BCUT2D eigenvalue weighted by Gasteiger charge is -2.19. The van der Waals surface area contributed by atoms with E-state index in [9.17, 15) is 14.4 Å². The molecule has 2 aromatic heterocycles. The van der Waals surface area contributed by atoms with E-state index < -0.39 is 23.6 Å². The summed E-state index contributed by atoms with van der Waals surface area (Å²) < 4.78 is 14.0. The molecule has 26 heavy (non-hydrogen) atoms. The highest BCUT2D eigenvalue weighted by Crippen LogP contribution is 2.23. The number of hydrogen-bond donors (Lipinski definition) is 0. The van der Waals surface area contributed by atoms with Gasteiger partial charge in [-0.1, -0.05) is 30.3 Å². The minimum absolute atomic E-state index is 0.146. The van der Waals surface area contributed by atoms with Crippen LogP contribution in [0, 0.1) is 0 Å². The SMILES string of the molecule is CCOC(=O)OC(c1ccccc1)n1cnc2c1c(=O)n(C)c(=O)n2C. The summed E-state index contributed by atoms with van der Waals surface area (Å²) in [7, 11) is 2.90. The van der Waals surface area contributed by atoms with Crippen LogP contribution in [0.2, 0.25) is 0 Å². The third-order valence-electron chi connectivity index (χ3n) is 3.98. The number of carbonyl (C=O) groups excluding carboxylic acids is 1. The second-order valence-corrected chi connectivity index (χ2v) is 5.59. The molecule has 9 nitrogen and oxygen atoms in total. The Labute approximate surface area is 148 Å². The molecule has 0 aliphatic carbocycles. The number of carbonyl (C=O) groups is 1. The highest BCUT2D eigenvalue weighted by atomic mass is 16.7. The first-order valence-electron chi connectivity index (χ1n) is 7.96. The largest absolute Gasteiger partial charge is 0.510 e. The zero-order chi connectivity index (χ0) is 18.8. The van der Waals surface area contributed by atoms with Gasteiger partial charge >= 0.3 is 11.8 Å². The fourth-order valence-corrected chi connectivity index (χ4v) is 2.69. The van der Waals surface area contributed by atoms with Gasteiger partial charge in [0.2, 0.25) is 6.23 Å². The molecule has 9 heteroatoms. The van der Waals surface area contributed by atoms with Crippen molar-refractivity contribution < 1.29 is 14.3 Å². The minimum Gasteiger partial charge on any atom is -0.435 e. The van der Waals surface area contributed by atoms with Crippen molar-refractivity contribution in [1.29, 1.82) is 0 Å². The van der Waals surface area contributed by atoms with Crippen molar-refractivity contribution in [1.82, 2.24) is 18.7 Å². The van der Waals surface area contributed by atoms with Crippen LogP contribution >= 0.6 is 0 Å². The maximum Gasteiger partial charge on any atom is 0.510 e. The highest BCUT2D eigenvalue weighted by molar-refractivity contribution is 5.70. The maximum atomic E-state index is 12.6. The molecule has 1 atom stereocenters. The van der Waals surface area contributed by atoms with Crippen LogP contribution in [0.1, 0.15) is 18.7 Å². The molecule has 0 amide bonds. The summed E-state index contributed by atoms with van der Waals surface area (Å²) in [5.74, 6) is 0. The number of aromatic nitrogens is 4. The molecule has 136 valence electrons. The number of hydrogen-bond acceptors (Lipinski definition) is 6. The Morgan fingerprint density at radius 1 is 1.15 bits per heavy atom. The van der Waals surface area contributed by atoms with Crippen LogP contribution in [0.3, 0.4) is 0 Å².